The number of hydrogen-bond acceptors (Lipinski definition) is 4. The maximum atomic E-state index is 5.33. The summed E-state index contributed by atoms with van der Waals surface area (Å²) < 4.78 is 7.30. The summed E-state index contributed by atoms with van der Waals surface area (Å²) in [4.78, 5) is 4.60. The van der Waals surface area contributed by atoms with Crippen molar-refractivity contribution in [1.82, 2.24) is 25.4 Å². The molecule has 0 unspecified atom stereocenters. The first kappa shape index (κ1) is 19.1. The summed E-state index contributed by atoms with van der Waals surface area (Å²) in [5, 5.41) is 14.9. The number of aryl methyl sites for hydroxylation is 1. The Bertz CT molecular complexity index is 472. The van der Waals surface area contributed by atoms with Gasteiger partial charge in [0.05, 0.1) is 0 Å². The van der Waals surface area contributed by atoms with Crippen LogP contribution in [0.5, 0.6) is 0 Å². The van der Waals surface area contributed by atoms with Crippen LogP contribution in [0, 0.1) is 6.92 Å². The summed E-state index contributed by atoms with van der Waals surface area (Å²) in [6.07, 6.45) is 3.42. The fraction of sp³-hybridized carbons (Fsp3) is 0.786. The van der Waals surface area contributed by atoms with Crippen LogP contribution in [0.25, 0.3) is 0 Å². The molecule has 0 radical (unpaired) electrons. The number of nitrogens with one attached hydrogen (secondary N) is 2. The average Bonchev–Trinajstić information content (AvgIpc) is 3.24. The molecule has 1 fully saturated rings. The fourth-order valence-corrected chi connectivity index (χ4v) is 1.84. The number of guanidine groups is 1. The Balaban J connectivity index is 0.00000242. The van der Waals surface area contributed by atoms with Crippen LogP contribution in [-0.2, 0) is 18.3 Å². The summed E-state index contributed by atoms with van der Waals surface area (Å²) in [6.45, 7) is 6.89. The molecule has 8 heteroatoms. The number of nitrogens with zero attached hydrogens (tertiary/aromatic N) is 4. The maximum Gasteiger partial charge on any atom is 0.191 e. The van der Waals surface area contributed by atoms with Gasteiger partial charge in [-0.2, -0.15) is 0 Å². The van der Waals surface area contributed by atoms with E-state index in [1.165, 1.54) is 12.8 Å². The minimum Gasteiger partial charge on any atom is -0.382 e. The molecule has 1 saturated carbocycles. The minimum atomic E-state index is 0. The summed E-state index contributed by atoms with van der Waals surface area (Å²) in [7, 11) is 1.96. The lowest BCUT2D eigenvalue weighted by molar-refractivity contribution is 0.145. The highest BCUT2D eigenvalue weighted by Crippen LogP contribution is 2.18. The van der Waals surface area contributed by atoms with Gasteiger partial charge in [-0.05, 0) is 33.1 Å². The van der Waals surface area contributed by atoms with E-state index in [4.69, 9.17) is 4.74 Å². The molecule has 1 aliphatic carbocycles. The molecule has 1 aromatic rings. The highest BCUT2D eigenvalue weighted by molar-refractivity contribution is 14.0. The predicted molar refractivity (Wildman–Crippen MR) is 97.6 cm³/mol. The van der Waals surface area contributed by atoms with E-state index in [0.717, 1.165) is 43.8 Å². The van der Waals surface area contributed by atoms with Gasteiger partial charge in [0.2, 0.25) is 0 Å². The number of aliphatic imine (C=N–C) groups is 1. The zero-order valence-electron chi connectivity index (χ0n) is 13.6. The van der Waals surface area contributed by atoms with Crippen molar-refractivity contribution >= 4 is 29.9 Å². The predicted octanol–water partition coefficient (Wildman–Crippen LogP) is 1.37. The van der Waals surface area contributed by atoms with Crippen molar-refractivity contribution in [1.29, 1.82) is 0 Å². The van der Waals surface area contributed by atoms with Gasteiger partial charge in [-0.3, -0.25) is 0 Å². The van der Waals surface area contributed by atoms with Crippen molar-refractivity contribution in [2.45, 2.75) is 45.7 Å². The van der Waals surface area contributed by atoms with E-state index in [1.54, 1.807) is 0 Å². The quantitative estimate of drug-likeness (QED) is 0.287. The Hall–Kier alpha value is -0.900. The van der Waals surface area contributed by atoms with Crippen molar-refractivity contribution in [3.63, 3.8) is 0 Å². The largest absolute Gasteiger partial charge is 0.382 e. The van der Waals surface area contributed by atoms with Crippen LogP contribution >= 0.6 is 24.0 Å². The second-order valence-corrected chi connectivity index (χ2v) is 5.28. The first-order chi connectivity index (χ1) is 10.2. The molecule has 1 aliphatic rings. The maximum absolute atomic E-state index is 5.33. The van der Waals surface area contributed by atoms with Gasteiger partial charge < -0.3 is 19.9 Å². The molecule has 0 aromatic carbocycles. The van der Waals surface area contributed by atoms with Gasteiger partial charge in [-0.25, -0.2) is 4.99 Å². The van der Waals surface area contributed by atoms with Crippen molar-refractivity contribution in [2.24, 2.45) is 12.0 Å². The SMILES string of the molecule is CCOCCCNC(=NCc1nnc(C)n1C)NC1CC1.I. The van der Waals surface area contributed by atoms with Crippen LogP contribution in [0.1, 0.15) is 37.8 Å². The standard InChI is InChI=1S/C14H26N6O.HI/c1-4-21-9-5-8-15-14(17-12-6-7-12)16-10-13-19-18-11(2)20(13)3;/h12H,4-10H2,1-3H3,(H2,15,16,17);1H. The highest BCUT2D eigenvalue weighted by atomic mass is 127. The number of halogens is 1. The Morgan fingerprint density at radius 1 is 1.41 bits per heavy atom. The Kier molecular flexibility index (Phi) is 8.69. The van der Waals surface area contributed by atoms with Crippen LogP contribution in [0.3, 0.4) is 0 Å². The molecule has 7 nitrogen and oxygen atoms in total. The van der Waals surface area contributed by atoms with E-state index in [9.17, 15) is 0 Å². The van der Waals surface area contributed by atoms with Gasteiger partial charge in [0.15, 0.2) is 11.8 Å². The first-order valence-electron chi connectivity index (χ1n) is 7.68. The summed E-state index contributed by atoms with van der Waals surface area (Å²) in [5.74, 6) is 2.63. The van der Waals surface area contributed by atoms with Gasteiger partial charge in [0.25, 0.3) is 0 Å². The van der Waals surface area contributed by atoms with E-state index < -0.39 is 0 Å². The number of rotatable bonds is 8. The zero-order valence-corrected chi connectivity index (χ0v) is 16.0. The normalized spacial score (nSPS) is 14.6. The molecule has 2 rings (SSSR count). The topological polar surface area (TPSA) is 76.4 Å². The molecule has 0 spiro atoms. The summed E-state index contributed by atoms with van der Waals surface area (Å²) in [5.41, 5.74) is 0. The van der Waals surface area contributed by atoms with E-state index >= 15 is 0 Å². The van der Waals surface area contributed by atoms with Crippen molar-refractivity contribution in [3.8, 4) is 0 Å². The van der Waals surface area contributed by atoms with E-state index in [-0.39, 0.29) is 24.0 Å². The van der Waals surface area contributed by atoms with Gasteiger partial charge in [-0.15, -0.1) is 34.2 Å². The van der Waals surface area contributed by atoms with E-state index in [1.807, 2.05) is 25.5 Å². The van der Waals surface area contributed by atoms with E-state index in [2.05, 4.69) is 25.8 Å². The third-order valence-corrected chi connectivity index (χ3v) is 3.44. The van der Waals surface area contributed by atoms with Gasteiger partial charge in [0, 0.05) is 32.8 Å². The molecular weight excluding hydrogens is 395 g/mol. The average molecular weight is 422 g/mol. The molecule has 1 aromatic heterocycles. The lowest BCUT2D eigenvalue weighted by atomic mass is 10.4. The molecule has 0 saturated heterocycles. The number of ether oxygens (including phenoxy) is 1. The van der Waals surface area contributed by atoms with Crippen molar-refractivity contribution < 1.29 is 4.74 Å². The third kappa shape index (κ3) is 6.47. The van der Waals surface area contributed by atoms with Gasteiger partial charge in [-0.1, -0.05) is 0 Å². The minimum absolute atomic E-state index is 0. The molecule has 0 bridgehead atoms. The smallest absolute Gasteiger partial charge is 0.191 e. The first-order valence-corrected chi connectivity index (χ1v) is 7.68. The lowest BCUT2D eigenvalue weighted by Crippen LogP contribution is -2.39. The molecule has 2 N–H and O–H groups in total. The van der Waals surface area contributed by atoms with Crippen LogP contribution in [0.15, 0.2) is 4.99 Å². The van der Waals surface area contributed by atoms with Crippen LogP contribution in [-0.4, -0.2) is 46.5 Å². The van der Waals surface area contributed by atoms with Crippen LogP contribution in [0.4, 0.5) is 0 Å². The second kappa shape index (κ2) is 9.98. The Morgan fingerprint density at radius 2 is 2.18 bits per heavy atom. The molecule has 0 aliphatic heterocycles. The van der Waals surface area contributed by atoms with Gasteiger partial charge >= 0.3 is 0 Å². The monoisotopic (exact) mass is 422 g/mol. The Labute approximate surface area is 149 Å². The molecule has 0 atom stereocenters. The number of aromatic nitrogens is 3. The highest BCUT2D eigenvalue weighted by Gasteiger charge is 2.22. The van der Waals surface area contributed by atoms with Crippen LogP contribution < -0.4 is 10.6 Å². The fourth-order valence-electron chi connectivity index (χ4n) is 1.84. The van der Waals surface area contributed by atoms with Crippen molar-refractivity contribution in [2.75, 3.05) is 19.8 Å². The molecule has 1 heterocycles. The Morgan fingerprint density at radius 3 is 2.77 bits per heavy atom. The van der Waals surface area contributed by atoms with Crippen molar-refractivity contribution in [3.05, 3.63) is 11.6 Å². The molecular formula is C14H27IN6O. The van der Waals surface area contributed by atoms with Gasteiger partial charge in [0.1, 0.15) is 12.4 Å². The second-order valence-electron chi connectivity index (χ2n) is 5.28. The number of hydrogen-bond donors (Lipinski definition) is 2. The zero-order chi connectivity index (χ0) is 15.1. The van der Waals surface area contributed by atoms with Crippen LogP contribution in [0.2, 0.25) is 0 Å². The molecule has 22 heavy (non-hydrogen) atoms. The summed E-state index contributed by atoms with van der Waals surface area (Å²) >= 11 is 0. The lowest BCUT2D eigenvalue weighted by Gasteiger charge is -2.12. The molecule has 126 valence electrons. The van der Waals surface area contributed by atoms with E-state index in [0.29, 0.717) is 12.6 Å². The summed E-state index contributed by atoms with van der Waals surface area (Å²) in [6, 6.07) is 0.573. The third-order valence-electron chi connectivity index (χ3n) is 3.44. The molecule has 0 amide bonds.